The number of rotatable bonds is 4. The largest absolute Gasteiger partial charge is 0.416 e. The van der Waals surface area contributed by atoms with Crippen LogP contribution in [-0.4, -0.2) is 16.8 Å². The number of nitrogens with one attached hydrogen (secondary N) is 2. The third-order valence-electron chi connectivity index (χ3n) is 4.78. The van der Waals surface area contributed by atoms with Crippen LogP contribution >= 0.6 is 22.9 Å². The molecule has 0 radical (unpaired) electrons. The predicted octanol–water partition coefficient (Wildman–Crippen LogP) is 5.54. The van der Waals surface area contributed by atoms with Crippen LogP contribution in [0.5, 0.6) is 0 Å². The first-order valence-electron chi connectivity index (χ1n) is 9.23. The summed E-state index contributed by atoms with van der Waals surface area (Å²) in [4.78, 5) is 28.9. The number of alkyl halides is 3. The standard InChI is InChI=1S/C21H15ClF3N3O2S/c22-16-5-4-14(21(23,24)25)7-13(16)8-15-10-26-20(31-15)28-19(30)12-2-1-11-3-6-18(29)27-17(11)9-12/h1-2,4-5,7,9-10H,3,6,8H2,(H,27,29)(H,26,28,30). The van der Waals surface area contributed by atoms with Crippen molar-refractivity contribution in [3.63, 3.8) is 0 Å². The van der Waals surface area contributed by atoms with Crippen LogP contribution in [0.3, 0.4) is 0 Å². The maximum Gasteiger partial charge on any atom is 0.416 e. The van der Waals surface area contributed by atoms with E-state index < -0.39 is 17.6 Å². The topological polar surface area (TPSA) is 71.1 Å². The molecule has 5 nitrogen and oxygen atoms in total. The number of thiazole rings is 1. The number of hydrogen-bond donors (Lipinski definition) is 2. The van der Waals surface area contributed by atoms with Crippen molar-refractivity contribution in [3.05, 3.63) is 74.7 Å². The van der Waals surface area contributed by atoms with E-state index in [1.54, 1.807) is 18.2 Å². The molecule has 4 rings (SSSR count). The summed E-state index contributed by atoms with van der Waals surface area (Å²) < 4.78 is 38.9. The predicted molar refractivity (Wildman–Crippen MR) is 113 cm³/mol. The van der Waals surface area contributed by atoms with Gasteiger partial charge >= 0.3 is 6.18 Å². The molecule has 10 heteroatoms. The number of fused-ring (bicyclic) bond motifs is 1. The smallest absolute Gasteiger partial charge is 0.326 e. The Morgan fingerprint density at radius 2 is 2.00 bits per heavy atom. The molecule has 3 aromatic rings. The molecule has 2 N–H and O–H groups in total. The number of carbonyl (C=O) groups is 2. The molecule has 0 bridgehead atoms. The number of aryl methyl sites for hydroxylation is 1. The minimum atomic E-state index is -4.46. The second kappa shape index (κ2) is 8.32. The molecule has 1 aromatic heterocycles. The van der Waals surface area contributed by atoms with Crippen molar-refractivity contribution >= 4 is 45.6 Å². The quantitative estimate of drug-likeness (QED) is 0.531. The Balaban J connectivity index is 1.47. The summed E-state index contributed by atoms with van der Waals surface area (Å²) in [5.74, 6) is -0.497. The molecule has 1 aliphatic heterocycles. The molecule has 0 aliphatic carbocycles. The van der Waals surface area contributed by atoms with E-state index in [4.69, 9.17) is 11.6 Å². The summed E-state index contributed by atoms with van der Waals surface area (Å²) >= 11 is 7.20. The Morgan fingerprint density at radius 1 is 1.19 bits per heavy atom. The SMILES string of the molecule is O=C1CCc2ccc(C(=O)Nc3ncc(Cc4cc(C(F)(F)F)ccc4Cl)s3)cc2N1. The molecule has 0 spiro atoms. The van der Waals surface area contributed by atoms with Crippen LogP contribution in [0.1, 0.15) is 38.3 Å². The van der Waals surface area contributed by atoms with Crippen molar-refractivity contribution < 1.29 is 22.8 Å². The number of anilines is 2. The third kappa shape index (κ3) is 4.88. The molecule has 0 saturated carbocycles. The molecule has 0 unspecified atom stereocenters. The molecule has 2 aromatic carbocycles. The molecule has 31 heavy (non-hydrogen) atoms. The first-order valence-corrected chi connectivity index (χ1v) is 10.4. The number of halogens is 4. The highest BCUT2D eigenvalue weighted by Gasteiger charge is 2.31. The van der Waals surface area contributed by atoms with Gasteiger partial charge in [-0.2, -0.15) is 13.2 Å². The Kier molecular flexibility index (Phi) is 5.72. The summed E-state index contributed by atoms with van der Waals surface area (Å²) in [6.07, 6.45) is -1.78. The van der Waals surface area contributed by atoms with Crippen molar-refractivity contribution in [1.82, 2.24) is 4.98 Å². The first kappa shape index (κ1) is 21.3. The van der Waals surface area contributed by atoms with Gasteiger partial charge in [0.2, 0.25) is 5.91 Å². The summed E-state index contributed by atoms with van der Waals surface area (Å²) in [5.41, 5.74) is 1.49. The van der Waals surface area contributed by atoms with Gasteiger partial charge in [0.1, 0.15) is 0 Å². The van der Waals surface area contributed by atoms with E-state index in [2.05, 4.69) is 15.6 Å². The van der Waals surface area contributed by atoms with Gasteiger partial charge < -0.3 is 5.32 Å². The van der Waals surface area contributed by atoms with Gasteiger partial charge in [-0.15, -0.1) is 11.3 Å². The number of carbonyl (C=O) groups excluding carboxylic acids is 2. The van der Waals surface area contributed by atoms with Crippen LogP contribution in [0.25, 0.3) is 0 Å². The van der Waals surface area contributed by atoms with Gasteiger partial charge in [-0.25, -0.2) is 4.98 Å². The highest BCUT2D eigenvalue weighted by Crippen LogP contribution is 2.33. The highest BCUT2D eigenvalue weighted by atomic mass is 35.5. The molecular weight excluding hydrogens is 451 g/mol. The number of benzene rings is 2. The Labute approximate surface area is 184 Å². The van der Waals surface area contributed by atoms with E-state index in [0.29, 0.717) is 39.7 Å². The van der Waals surface area contributed by atoms with E-state index in [-0.39, 0.29) is 17.4 Å². The summed E-state index contributed by atoms with van der Waals surface area (Å²) in [5, 5.41) is 5.96. The van der Waals surface area contributed by atoms with Crippen LogP contribution in [0, 0.1) is 0 Å². The zero-order chi connectivity index (χ0) is 22.2. The van der Waals surface area contributed by atoms with Crippen molar-refractivity contribution in [3.8, 4) is 0 Å². The van der Waals surface area contributed by atoms with Crippen molar-refractivity contribution in [2.45, 2.75) is 25.4 Å². The van der Waals surface area contributed by atoms with Gasteiger partial charge in [0.25, 0.3) is 5.91 Å². The molecular formula is C21H15ClF3N3O2S. The average molecular weight is 466 g/mol. The summed E-state index contributed by atoms with van der Waals surface area (Å²) in [7, 11) is 0. The Hall–Kier alpha value is -2.91. The van der Waals surface area contributed by atoms with Gasteiger partial charge in [0.05, 0.1) is 5.56 Å². The lowest BCUT2D eigenvalue weighted by Crippen LogP contribution is -2.20. The molecule has 0 fully saturated rings. The number of amides is 2. The molecule has 1 aliphatic rings. The minimum absolute atomic E-state index is 0.0946. The van der Waals surface area contributed by atoms with E-state index >= 15 is 0 Å². The lowest BCUT2D eigenvalue weighted by atomic mass is 10.0. The molecule has 160 valence electrons. The van der Waals surface area contributed by atoms with Gasteiger partial charge in [-0.3, -0.25) is 14.9 Å². The zero-order valence-corrected chi connectivity index (χ0v) is 17.4. The van der Waals surface area contributed by atoms with E-state index in [0.717, 1.165) is 29.0 Å². The number of aromatic nitrogens is 1. The minimum Gasteiger partial charge on any atom is -0.326 e. The fourth-order valence-electron chi connectivity index (χ4n) is 3.20. The van der Waals surface area contributed by atoms with Crippen LogP contribution in [-0.2, 0) is 23.8 Å². The lowest BCUT2D eigenvalue weighted by Gasteiger charge is -2.17. The van der Waals surface area contributed by atoms with Crippen molar-refractivity contribution in [1.29, 1.82) is 0 Å². The van der Waals surface area contributed by atoms with Crippen LogP contribution in [0.4, 0.5) is 24.0 Å². The fourth-order valence-corrected chi connectivity index (χ4v) is 4.22. The van der Waals surface area contributed by atoms with Crippen LogP contribution < -0.4 is 10.6 Å². The normalized spacial score (nSPS) is 13.5. The van der Waals surface area contributed by atoms with Crippen LogP contribution in [0.15, 0.2) is 42.6 Å². The average Bonchev–Trinajstić information content (AvgIpc) is 3.15. The highest BCUT2D eigenvalue weighted by molar-refractivity contribution is 7.15. The summed E-state index contributed by atoms with van der Waals surface area (Å²) in [6.45, 7) is 0. The third-order valence-corrected chi connectivity index (χ3v) is 6.06. The monoisotopic (exact) mass is 465 g/mol. The van der Waals surface area contributed by atoms with Gasteiger partial charge in [0.15, 0.2) is 5.13 Å². The van der Waals surface area contributed by atoms with Crippen LogP contribution in [0.2, 0.25) is 5.02 Å². The molecule has 0 atom stereocenters. The van der Waals surface area contributed by atoms with E-state index in [1.807, 2.05) is 0 Å². The second-order valence-corrected chi connectivity index (χ2v) is 8.51. The van der Waals surface area contributed by atoms with Crippen molar-refractivity contribution in [2.24, 2.45) is 0 Å². The Bertz CT molecular complexity index is 1180. The first-order chi connectivity index (χ1) is 14.7. The molecule has 2 amide bonds. The van der Waals surface area contributed by atoms with E-state index in [1.165, 1.54) is 12.3 Å². The Morgan fingerprint density at radius 3 is 2.77 bits per heavy atom. The fraction of sp³-hybridized carbons (Fsp3) is 0.190. The van der Waals surface area contributed by atoms with E-state index in [9.17, 15) is 22.8 Å². The second-order valence-electron chi connectivity index (χ2n) is 6.99. The van der Waals surface area contributed by atoms with Gasteiger partial charge in [-0.05, 0) is 47.9 Å². The number of hydrogen-bond acceptors (Lipinski definition) is 4. The maximum absolute atomic E-state index is 13.0. The summed E-state index contributed by atoms with van der Waals surface area (Å²) in [6, 6.07) is 8.25. The molecule has 2 heterocycles. The lowest BCUT2D eigenvalue weighted by molar-refractivity contribution is -0.137. The van der Waals surface area contributed by atoms with Gasteiger partial charge in [0, 0.05) is 40.2 Å². The van der Waals surface area contributed by atoms with Crippen molar-refractivity contribution in [2.75, 3.05) is 10.6 Å². The van der Waals surface area contributed by atoms with Gasteiger partial charge in [-0.1, -0.05) is 17.7 Å². The maximum atomic E-state index is 13.0. The molecule has 0 saturated heterocycles. The number of nitrogens with zero attached hydrogens (tertiary/aromatic N) is 1. The zero-order valence-electron chi connectivity index (χ0n) is 15.8.